The topological polar surface area (TPSA) is 103 Å². The summed E-state index contributed by atoms with van der Waals surface area (Å²) in [6.45, 7) is 2.19. The number of rotatable bonds is 7. The molecule has 0 aliphatic rings. The molecule has 0 unspecified atom stereocenters. The van der Waals surface area contributed by atoms with Gasteiger partial charge in [-0.15, -0.1) is 11.3 Å². The van der Waals surface area contributed by atoms with Crippen LogP contribution in [0.3, 0.4) is 0 Å². The van der Waals surface area contributed by atoms with Gasteiger partial charge in [-0.3, -0.25) is 14.3 Å². The van der Waals surface area contributed by atoms with Gasteiger partial charge in [0, 0.05) is 24.5 Å². The SMILES string of the molecule is Cc1ccn(CCC(=O)Nc2c(C(N)=O)sc3nc(C(F)F)cc(-c4ccccc4)c23)n1. The summed E-state index contributed by atoms with van der Waals surface area (Å²) in [4.78, 5) is 29.1. The third kappa shape index (κ3) is 4.35. The molecule has 0 spiro atoms. The Morgan fingerprint density at radius 1 is 1.22 bits per heavy atom. The van der Waals surface area contributed by atoms with Crippen molar-refractivity contribution in [3.05, 3.63) is 64.9 Å². The molecule has 0 fully saturated rings. The maximum absolute atomic E-state index is 13.5. The fourth-order valence-corrected chi connectivity index (χ4v) is 4.39. The third-order valence-corrected chi connectivity index (χ3v) is 5.92. The van der Waals surface area contributed by atoms with E-state index in [1.165, 1.54) is 6.07 Å². The number of amides is 2. The maximum atomic E-state index is 13.5. The standard InChI is InChI=1S/C22H19F2N5O2S/c1-12-7-9-29(28-12)10-8-16(30)27-18-17-14(13-5-3-2-4-6-13)11-15(20(23)24)26-22(17)32-19(18)21(25)31/h2-7,9,11,20H,8,10H2,1H3,(H2,25,31)(H,27,30). The average Bonchev–Trinajstić information content (AvgIpc) is 3.35. The number of anilines is 1. The lowest BCUT2D eigenvalue weighted by molar-refractivity contribution is -0.116. The number of carbonyl (C=O) groups is 2. The lowest BCUT2D eigenvalue weighted by atomic mass is 10.0. The lowest BCUT2D eigenvalue weighted by Gasteiger charge is -2.11. The van der Waals surface area contributed by atoms with E-state index in [9.17, 15) is 18.4 Å². The van der Waals surface area contributed by atoms with Gasteiger partial charge in [0.15, 0.2) is 0 Å². The smallest absolute Gasteiger partial charge is 0.280 e. The van der Waals surface area contributed by atoms with Crippen LogP contribution in [0.1, 0.15) is 33.9 Å². The first kappa shape index (κ1) is 21.6. The summed E-state index contributed by atoms with van der Waals surface area (Å²) in [5.74, 6) is -1.14. The minimum atomic E-state index is -2.79. The van der Waals surface area contributed by atoms with E-state index in [2.05, 4.69) is 15.4 Å². The van der Waals surface area contributed by atoms with E-state index < -0.39 is 18.0 Å². The molecule has 0 atom stereocenters. The molecule has 32 heavy (non-hydrogen) atoms. The van der Waals surface area contributed by atoms with Crippen molar-refractivity contribution in [3.63, 3.8) is 0 Å². The van der Waals surface area contributed by atoms with Gasteiger partial charge in [0.1, 0.15) is 15.4 Å². The van der Waals surface area contributed by atoms with Gasteiger partial charge in [-0.2, -0.15) is 5.10 Å². The molecule has 0 saturated carbocycles. The molecule has 10 heteroatoms. The monoisotopic (exact) mass is 455 g/mol. The number of hydrogen-bond acceptors (Lipinski definition) is 5. The maximum Gasteiger partial charge on any atom is 0.280 e. The van der Waals surface area contributed by atoms with Crippen LogP contribution in [0.5, 0.6) is 0 Å². The number of hydrogen-bond donors (Lipinski definition) is 2. The third-order valence-electron chi connectivity index (χ3n) is 4.82. The second-order valence-electron chi connectivity index (χ2n) is 7.13. The number of nitrogens with zero attached hydrogens (tertiary/aromatic N) is 3. The van der Waals surface area contributed by atoms with Crippen molar-refractivity contribution in [1.82, 2.24) is 14.8 Å². The Kier molecular flexibility index (Phi) is 5.95. The Balaban J connectivity index is 1.78. The lowest BCUT2D eigenvalue weighted by Crippen LogP contribution is -2.18. The van der Waals surface area contributed by atoms with E-state index in [0.29, 0.717) is 23.1 Å². The highest BCUT2D eigenvalue weighted by Crippen LogP contribution is 2.42. The van der Waals surface area contributed by atoms with Crippen molar-refractivity contribution >= 4 is 39.1 Å². The van der Waals surface area contributed by atoms with Crippen LogP contribution in [-0.2, 0) is 11.3 Å². The highest BCUT2D eigenvalue weighted by molar-refractivity contribution is 7.21. The highest BCUT2D eigenvalue weighted by Gasteiger charge is 2.24. The molecule has 3 N–H and O–H groups in total. The van der Waals surface area contributed by atoms with Gasteiger partial charge in [-0.25, -0.2) is 13.8 Å². The molecule has 4 aromatic rings. The van der Waals surface area contributed by atoms with E-state index in [0.717, 1.165) is 17.0 Å². The van der Waals surface area contributed by atoms with E-state index in [4.69, 9.17) is 5.73 Å². The molecule has 0 aliphatic carbocycles. The summed E-state index contributed by atoms with van der Waals surface area (Å²) in [5.41, 5.74) is 7.23. The first-order valence-corrected chi connectivity index (χ1v) is 10.6. The molecule has 1 aromatic carbocycles. The van der Waals surface area contributed by atoms with Gasteiger partial charge < -0.3 is 11.1 Å². The molecule has 0 aliphatic heterocycles. The van der Waals surface area contributed by atoms with Crippen molar-refractivity contribution in [1.29, 1.82) is 0 Å². The molecule has 4 rings (SSSR count). The van der Waals surface area contributed by atoms with Crippen molar-refractivity contribution < 1.29 is 18.4 Å². The number of carbonyl (C=O) groups excluding carboxylic acids is 2. The second kappa shape index (κ2) is 8.83. The minimum absolute atomic E-state index is 0.0550. The summed E-state index contributed by atoms with van der Waals surface area (Å²) in [6.07, 6.45) is -0.933. The predicted octanol–water partition coefficient (Wildman–Crippen LogP) is 4.53. The summed E-state index contributed by atoms with van der Waals surface area (Å²) in [7, 11) is 0. The van der Waals surface area contributed by atoms with Gasteiger partial charge >= 0.3 is 0 Å². The number of aryl methyl sites for hydroxylation is 2. The number of halogens is 2. The van der Waals surface area contributed by atoms with Crippen LogP contribution in [0.25, 0.3) is 21.3 Å². The zero-order valence-corrected chi connectivity index (χ0v) is 17.8. The first-order valence-electron chi connectivity index (χ1n) is 9.74. The highest BCUT2D eigenvalue weighted by atomic mass is 32.1. The number of fused-ring (bicyclic) bond motifs is 1. The Morgan fingerprint density at radius 2 is 1.97 bits per heavy atom. The Hall–Kier alpha value is -3.66. The first-order chi connectivity index (χ1) is 15.3. The van der Waals surface area contributed by atoms with Gasteiger partial charge in [0.2, 0.25) is 5.91 Å². The van der Waals surface area contributed by atoms with Crippen molar-refractivity contribution in [2.24, 2.45) is 5.73 Å². The normalized spacial score (nSPS) is 11.2. The summed E-state index contributed by atoms with van der Waals surface area (Å²) in [5, 5.41) is 7.40. The van der Waals surface area contributed by atoms with E-state index in [-0.39, 0.29) is 27.7 Å². The van der Waals surface area contributed by atoms with Crippen LogP contribution in [0, 0.1) is 6.92 Å². The van der Waals surface area contributed by atoms with E-state index in [1.807, 2.05) is 13.0 Å². The quantitative estimate of drug-likeness (QED) is 0.427. The van der Waals surface area contributed by atoms with Gasteiger partial charge in [0.05, 0.1) is 11.4 Å². The fourth-order valence-electron chi connectivity index (χ4n) is 3.37. The zero-order valence-electron chi connectivity index (χ0n) is 17.0. The van der Waals surface area contributed by atoms with Crippen molar-refractivity contribution in [2.45, 2.75) is 26.3 Å². The minimum Gasteiger partial charge on any atom is -0.365 e. The summed E-state index contributed by atoms with van der Waals surface area (Å²) < 4.78 is 28.6. The van der Waals surface area contributed by atoms with Gasteiger partial charge in [-0.05, 0) is 30.2 Å². The van der Waals surface area contributed by atoms with Crippen LogP contribution in [-0.4, -0.2) is 26.6 Å². The molecule has 7 nitrogen and oxygen atoms in total. The van der Waals surface area contributed by atoms with Gasteiger partial charge in [0.25, 0.3) is 12.3 Å². The Labute approximate surface area is 185 Å². The molecule has 3 heterocycles. The number of nitrogens with two attached hydrogens (primary N) is 1. The molecule has 0 saturated heterocycles. The molecule has 3 aromatic heterocycles. The fraction of sp³-hybridized carbons (Fsp3) is 0.182. The van der Waals surface area contributed by atoms with Crippen LogP contribution in [0.4, 0.5) is 14.5 Å². The number of nitrogens with one attached hydrogen (secondary N) is 1. The largest absolute Gasteiger partial charge is 0.365 e. The van der Waals surface area contributed by atoms with Gasteiger partial charge in [-0.1, -0.05) is 30.3 Å². The average molecular weight is 455 g/mol. The molecule has 0 bridgehead atoms. The zero-order chi connectivity index (χ0) is 22.8. The van der Waals surface area contributed by atoms with E-state index >= 15 is 0 Å². The predicted molar refractivity (Wildman–Crippen MR) is 119 cm³/mol. The van der Waals surface area contributed by atoms with Crippen LogP contribution >= 0.6 is 11.3 Å². The molecule has 0 radical (unpaired) electrons. The number of aromatic nitrogens is 3. The summed E-state index contributed by atoms with van der Waals surface area (Å²) in [6, 6.07) is 12.0. The van der Waals surface area contributed by atoms with Crippen LogP contribution in [0.2, 0.25) is 0 Å². The molecule has 2 amide bonds. The number of pyridine rings is 1. The van der Waals surface area contributed by atoms with Crippen molar-refractivity contribution in [2.75, 3.05) is 5.32 Å². The Bertz CT molecular complexity index is 1300. The Morgan fingerprint density at radius 3 is 2.59 bits per heavy atom. The van der Waals surface area contributed by atoms with Crippen LogP contribution < -0.4 is 11.1 Å². The summed E-state index contributed by atoms with van der Waals surface area (Å²) >= 11 is 0.881. The number of benzene rings is 1. The second-order valence-corrected chi connectivity index (χ2v) is 8.13. The number of primary amides is 1. The number of alkyl halides is 2. The van der Waals surface area contributed by atoms with Crippen molar-refractivity contribution in [3.8, 4) is 11.1 Å². The molecule has 164 valence electrons. The molecular formula is C22H19F2N5O2S. The van der Waals surface area contributed by atoms with E-state index in [1.54, 1.807) is 41.2 Å². The van der Waals surface area contributed by atoms with Crippen LogP contribution in [0.15, 0.2) is 48.7 Å². The number of thiophene rings is 1. The molecular weight excluding hydrogens is 436 g/mol.